The first kappa shape index (κ1) is 15.0. The monoisotopic (exact) mass is 303 g/mol. The lowest BCUT2D eigenvalue weighted by Crippen LogP contribution is -2.48. The Balaban J connectivity index is 2.37. The minimum atomic E-state index is -4.10. The Morgan fingerprint density at radius 2 is 1.80 bits per heavy atom. The highest BCUT2D eigenvalue weighted by Crippen LogP contribution is 2.49. The van der Waals surface area contributed by atoms with Gasteiger partial charge in [-0.1, -0.05) is 0 Å². The van der Waals surface area contributed by atoms with Gasteiger partial charge in [0, 0.05) is 0 Å². The molecule has 1 aromatic carbocycles. The van der Waals surface area contributed by atoms with Crippen LogP contribution in [0.3, 0.4) is 0 Å². The molecule has 0 radical (unpaired) electrons. The molecule has 110 valence electrons. The van der Waals surface area contributed by atoms with Crippen molar-refractivity contribution in [3.63, 3.8) is 0 Å². The minimum Gasteiger partial charge on any atom is -0.425 e. The van der Waals surface area contributed by atoms with E-state index in [-0.39, 0.29) is 5.75 Å². The van der Waals surface area contributed by atoms with Crippen LogP contribution in [0.15, 0.2) is 24.3 Å². The van der Waals surface area contributed by atoms with Gasteiger partial charge in [0.1, 0.15) is 17.0 Å². The number of hydroxylamine groups is 1. The lowest BCUT2D eigenvalue weighted by molar-refractivity contribution is -0.202. The van der Waals surface area contributed by atoms with Crippen molar-refractivity contribution >= 4 is 13.8 Å². The van der Waals surface area contributed by atoms with Crippen molar-refractivity contribution in [3.05, 3.63) is 24.3 Å². The predicted octanol–water partition coefficient (Wildman–Crippen LogP) is 1.97. The molecule has 0 fully saturated rings. The molecule has 2 aliphatic rings. The molecule has 2 heterocycles. The molecule has 0 amide bonds. The summed E-state index contributed by atoms with van der Waals surface area (Å²) in [7, 11) is -2.94. The van der Waals surface area contributed by atoms with E-state index in [1.165, 1.54) is 38.1 Å². The number of fused-ring (bicyclic) bond motifs is 8. The number of phosphoric acid groups is 1. The van der Waals surface area contributed by atoms with Crippen LogP contribution in [0.25, 0.3) is 0 Å². The summed E-state index contributed by atoms with van der Waals surface area (Å²) in [6, 6.07) is 5.89. The minimum absolute atomic E-state index is 0.201. The first-order valence-electron chi connectivity index (χ1n) is 5.65. The Kier molecular flexibility index (Phi) is 4.12. The van der Waals surface area contributed by atoms with E-state index < -0.39 is 19.3 Å². The maximum atomic E-state index is 12.3. The number of hydrogen-bond acceptors (Lipinski definition) is 8. The molecule has 3 rings (SSSR count). The van der Waals surface area contributed by atoms with Crippen LogP contribution in [0.5, 0.6) is 11.5 Å². The maximum Gasteiger partial charge on any atom is 0.574 e. The van der Waals surface area contributed by atoms with Crippen LogP contribution < -0.4 is 14.7 Å². The van der Waals surface area contributed by atoms with Crippen molar-refractivity contribution in [1.29, 1.82) is 0 Å². The fourth-order valence-corrected chi connectivity index (χ4v) is 2.28. The third kappa shape index (κ3) is 3.36. The number of rotatable bonds is 2. The number of nitrogens with one attached hydrogen (secondary N) is 1. The highest BCUT2D eigenvalue weighted by atomic mass is 31.2. The average molecular weight is 303 g/mol. The van der Waals surface area contributed by atoms with E-state index >= 15 is 0 Å². The van der Waals surface area contributed by atoms with Gasteiger partial charge in [0.25, 0.3) is 0 Å². The second-order valence-electron chi connectivity index (χ2n) is 4.46. The summed E-state index contributed by atoms with van der Waals surface area (Å²) in [6.45, 7) is 2.97. The summed E-state index contributed by atoms with van der Waals surface area (Å²) in [5, 5.41) is 0. The number of esters is 1. The van der Waals surface area contributed by atoms with Gasteiger partial charge in [-0.05, 0) is 38.1 Å². The van der Waals surface area contributed by atoms with E-state index in [1.807, 2.05) is 0 Å². The molecule has 1 N–H and O–H groups in total. The number of benzene rings is 1. The smallest absolute Gasteiger partial charge is 0.425 e. The van der Waals surface area contributed by atoms with Crippen LogP contribution in [-0.4, -0.2) is 18.6 Å². The topological polar surface area (TPSA) is 92.3 Å². The zero-order valence-electron chi connectivity index (χ0n) is 11.1. The zero-order chi connectivity index (χ0) is 14.8. The van der Waals surface area contributed by atoms with Crippen molar-refractivity contribution < 1.29 is 32.8 Å². The van der Waals surface area contributed by atoms with Gasteiger partial charge < -0.3 is 9.26 Å². The lowest BCUT2D eigenvalue weighted by atomic mass is 10.1. The quantitative estimate of drug-likeness (QED) is 0.291. The second kappa shape index (κ2) is 5.51. The van der Waals surface area contributed by atoms with Crippen LogP contribution in [-0.2, 0) is 23.5 Å². The molecular weight excluding hydrogens is 289 g/mol. The molecule has 0 aromatic heterocycles. The van der Waals surface area contributed by atoms with Crippen molar-refractivity contribution in [3.8, 4) is 11.5 Å². The molecule has 0 spiro atoms. The van der Waals surface area contributed by atoms with Crippen molar-refractivity contribution in [2.75, 3.05) is 7.11 Å². The first-order chi connectivity index (χ1) is 9.35. The summed E-state index contributed by atoms with van der Waals surface area (Å²) in [6.07, 6.45) is 0. The largest absolute Gasteiger partial charge is 0.574 e. The molecule has 8 nitrogen and oxygen atoms in total. The average Bonchev–Trinajstić information content (AvgIpc) is 2.41. The van der Waals surface area contributed by atoms with Gasteiger partial charge in [-0.15, -0.1) is 4.67 Å². The van der Waals surface area contributed by atoms with E-state index in [2.05, 4.69) is 15.0 Å². The molecule has 0 aliphatic carbocycles. The third-order valence-electron chi connectivity index (χ3n) is 2.34. The molecule has 0 saturated heterocycles. The Morgan fingerprint density at radius 3 is 2.40 bits per heavy atom. The summed E-state index contributed by atoms with van der Waals surface area (Å²) in [5.41, 5.74) is 1.02. The Labute approximate surface area is 115 Å². The van der Waals surface area contributed by atoms with Crippen molar-refractivity contribution in [2.24, 2.45) is 0 Å². The summed E-state index contributed by atoms with van der Waals surface area (Å²) in [4.78, 5) is 16.3. The molecule has 9 heteroatoms. The highest BCUT2D eigenvalue weighted by Gasteiger charge is 2.38. The molecule has 1 unspecified atom stereocenters. The molecule has 20 heavy (non-hydrogen) atoms. The third-order valence-corrected chi connectivity index (χ3v) is 3.42. The van der Waals surface area contributed by atoms with Crippen LogP contribution in [0.4, 0.5) is 0 Å². The van der Waals surface area contributed by atoms with Crippen LogP contribution in [0.1, 0.15) is 13.8 Å². The molecule has 2 bridgehead atoms. The first-order valence-corrected chi connectivity index (χ1v) is 7.11. The van der Waals surface area contributed by atoms with Gasteiger partial charge in [0.2, 0.25) is 0 Å². The second-order valence-corrected chi connectivity index (χ2v) is 5.87. The van der Waals surface area contributed by atoms with Gasteiger partial charge in [0.15, 0.2) is 0 Å². The summed E-state index contributed by atoms with van der Waals surface area (Å²) >= 11 is 0. The predicted molar refractivity (Wildman–Crippen MR) is 66.7 cm³/mol. The SMILES string of the molecule is COOP1(=O)ONC(C)(C)C(=O)Oc2ccc(cc2)O1. The van der Waals surface area contributed by atoms with E-state index in [9.17, 15) is 9.36 Å². The molecular formula is C11H14NO7P. The van der Waals surface area contributed by atoms with Crippen molar-refractivity contribution in [2.45, 2.75) is 19.4 Å². The maximum absolute atomic E-state index is 12.3. The van der Waals surface area contributed by atoms with Gasteiger partial charge in [-0.3, -0.25) is 0 Å². The molecule has 2 aliphatic heterocycles. The van der Waals surface area contributed by atoms with Crippen molar-refractivity contribution in [1.82, 2.24) is 5.48 Å². The Bertz CT molecular complexity index is 542. The van der Waals surface area contributed by atoms with Crippen LogP contribution >= 0.6 is 7.82 Å². The van der Waals surface area contributed by atoms with Crippen LogP contribution in [0.2, 0.25) is 0 Å². The zero-order valence-corrected chi connectivity index (χ0v) is 12.0. The highest BCUT2D eigenvalue weighted by molar-refractivity contribution is 7.48. The Morgan fingerprint density at radius 1 is 1.20 bits per heavy atom. The fraction of sp³-hybridized carbons (Fsp3) is 0.364. The Hall–Kier alpha value is -1.44. The van der Waals surface area contributed by atoms with E-state index in [1.54, 1.807) is 0 Å². The van der Waals surface area contributed by atoms with Gasteiger partial charge in [0.05, 0.1) is 7.11 Å². The van der Waals surface area contributed by atoms with E-state index in [0.29, 0.717) is 5.75 Å². The molecule has 1 aromatic rings. The summed E-state index contributed by atoms with van der Waals surface area (Å²) < 4.78 is 31.9. The summed E-state index contributed by atoms with van der Waals surface area (Å²) in [5.74, 6) is -0.107. The van der Waals surface area contributed by atoms with Gasteiger partial charge in [-0.2, -0.15) is 10.1 Å². The van der Waals surface area contributed by atoms with E-state index in [4.69, 9.17) is 13.9 Å². The standard InChI is InChI=1S/C11H14NO7P/c1-11(2)10(13)16-8-4-6-9(7-5-8)17-20(14,18-12-11)19-15-3/h4-7,12H,1-3H3. The van der Waals surface area contributed by atoms with E-state index in [0.717, 1.165) is 7.11 Å². The number of carbonyl (C=O) groups is 1. The fourth-order valence-electron chi connectivity index (χ4n) is 1.28. The number of hydrogen-bond donors (Lipinski definition) is 1. The lowest BCUT2D eigenvalue weighted by Gasteiger charge is -2.24. The molecule has 1 atom stereocenters. The number of ether oxygens (including phenoxy) is 1. The van der Waals surface area contributed by atoms with Crippen LogP contribution in [0, 0.1) is 0 Å². The van der Waals surface area contributed by atoms with Gasteiger partial charge >= 0.3 is 13.8 Å². The van der Waals surface area contributed by atoms with Gasteiger partial charge in [-0.25, -0.2) is 14.2 Å². The molecule has 0 saturated carbocycles. The number of carbonyl (C=O) groups excluding carboxylic acids is 1. The normalized spacial score (nSPS) is 25.4.